The van der Waals surface area contributed by atoms with Crippen molar-refractivity contribution in [3.63, 3.8) is 0 Å². The van der Waals surface area contributed by atoms with Crippen molar-refractivity contribution in [1.82, 2.24) is 10.2 Å². The summed E-state index contributed by atoms with van der Waals surface area (Å²) < 4.78 is 15.8. The van der Waals surface area contributed by atoms with E-state index in [1.165, 1.54) is 18.4 Å². The molecule has 1 amide bonds. The summed E-state index contributed by atoms with van der Waals surface area (Å²) >= 11 is 1.25. The molecule has 0 atom stereocenters. The van der Waals surface area contributed by atoms with E-state index in [1.807, 2.05) is 12.1 Å². The normalized spacial score (nSPS) is 10.3. The van der Waals surface area contributed by atoms with Crippen molar-refractivity contribution >= 4 is 22.4 Å². The van der Waals surface area contributed by atoms with Crippen molar-refractivity contribution in [1.29, 1.82) is 0 Å². The Bertz CT molecular complexity index is 926. The smallest absolute Gasteiger partial charge is 0.261 e. The van der Waals surface area contributed by atoms with E-state index in [4.69, 9.17) is 14.2 Å². The number of methoxy groups -OCH3 is 3. The van der Waals surface area contributed by atoms with Gasteiger partial charge in [-0.15, -0.1) is 10.2 Å². The van der Waals surface area contributed by atoms with Crippen LogP contribution in [0.3, 0.4) is 0 Å². The van der Waals surface area contributed by atoms with E-state index in [9.17, 15) is 4.79 Å². The molecule has 7 nitrogen and oxygen atoms in total. The fourth-order valence-corrected chi connectivity index (χ4v) is 3.12. The van der Waals surface area contributed by atoms with Crippen LogP contribution in [0.2, 0.25) is 0 Å². The topological polar surface area (TPSA) is 82.6 Å². The molecular weight excluding hydrogens is 354 g/mol. The first-order chi connectivity index (χ1) is 12.7. The van der Waals surface area contributed by atoms with Crippen molar-refractivity contribution in [2.75, 3.05) is 26.6 Å². The van der Waals surface area contributed by atoms with Crippen LogP contribution in [0.25, 0.3) is 10.6 Å². The number of hydrogen-bond acceptors (Lipinski definition) is 7. The van der Waals surface area contributed by atoms with E-state index in [-0.39, 0.29) is 5.91 Å². The van der Waals surface area contributed by atoms with Crippen molar-refractivity contribution in [3.05, 3.63) is 48.0 Å². The number of para-hydroxylation sites is 1. The maximum atomic E-state index is 12.5. The number of nitrogens with one attached hydrogen (secondary N) is 1. The van der Waals surface area contributed by atoms with Gasteiger partial charge in [0.2, 0.25) is 5.13 Å². The molecule has 3 aromatic rings. The number of nitrogens with zero attached hydrogens (tertiary/aromatic N) is 2. The molecule has 0 spiro atoms. The van der Waals surface area contributed by atoms with Crippen LogP contribution >= 0.6 is 11.3 Å². The van der Waals surface area contributed by atoms with Crippen LogP contribution in [0.15, 0.2) is 42.5 Å². The van der Waals surface area contributed by atoms with Crippen LogP contribution in [-0.2, 0) is 0 Å². The third-order valence-electron chi connectivity index (χ3n) is 3.64. The van der Waals surface area contributed by atoms with Crippen LogP contribution in [0.4, 0.5) is 5.13 Å². The molecule has 3 rings (SSSR count). The Morgan fingerprint density at radius 1 is 0.962 bits per heavy atom. The Labute approximate surface area is 154 Å². The van der Waals surface area contributed by atoms with E-state index in [2.05, 4.69) is 15.5 Å². The first-order valence-corrected chi connectivity index (χ1v) is 8.48. The van der Waals surface area contributed by atoms with E-state index in [0.29, 0.717) is 33.0 Å². The molecule has 134 valence electrons. The highest BCUT2D eigenvalue weighted by atomic mass is 32.1. The minimum Gasteiger partial charge on any atom is -0.497 e. The fourth-order valence-electron chi connectivity index (χ4n) is 2.35. The average Bonchev–Trinajstić information content (AvgIpc) is 3.15. The monoisotopic (exact) mass is 371 g/mol. The number of amides is 1. The van der Waals surface area contributed by atoms with Gasteiger partial charge in [0.05, 0.1) is 32.5 Å². The van der Waals surface area contributed by atoms with Gasteiger partial charge in [-0.1, -0.05) is 23.5 Å². The van der Waals surface area contributed by atoms with Gasteiger partial charge >= 0.3 is 0 Å². The minimum absolute atomic E-state index is 0.313. The lowest BCUT2D eigenvalue weighted by molar-refractivity contribution is 0.102. The molecule has 1 heterocycles. The van der Waals surface area contributed by atoms with Gasteiger partial charge in [-0.2, -0.15) is 0 Å². The van der Waals surface area contributed by atoms with Gasteiger partial charge in [0.25, 0.3) is 5.91 Å². The summed E-state index contributed by atoms with van der Waals surface area (Å²) in [5, 5.41) is 11.9. The van der Waals surface area contributed by atoms with Crippen LogP contribution in [0.5, 0.6) is 17.2 Å². The zero-order valence-electron chi connectivity index (χ0n) is 14.5. The molecule has 0 aliphatic carbocycles. The van der Waals surface area contributed by atoms with Gasteiger partial charge in [0.1, 0.15) is 17.2 Å². The van der Waals surface area contributed by atoms with Gasteiger partial charge in [-0.3, -0.25) is 10.1 Å². The highest BCUT2D eigenvalue weighted by Crippen LogP contribution is 2.36. The zero-order valence-corrected chi connectivity index (χ0v) is 15.3. The molecule has 0 fully saturated rings. The summed E-state index contributed by atoms with van der Waals surface area (Å²) in [5.41, 5.74) is 1.19. The van der Waals surface area contributed by atoms with E-state index in [1.54, 1.807) is 44.6 Å². The molecule has 0 unspecified atom stereocenters. The predicted octanol–water partition coefficient (Wildman–Crippen LogP) is 3.48. The number of carbonyl (C=O) groups excluding carboxylic acids is 1. The second kappa shape index (κ2) is 7.83. The minimum atomic E-state index is -0.313. The Hall–Kier alpha value is -3.13. The molecule has 1 aromatic heterocycles. The van der Waals surface area contributed by atoms with Crippen LogP contribution in [0, 0.1) is 0 Å². The second-order valence-corrected chi connectivity index (χ2v) is 6.11. The van der Waals surface area contributed by atoms with Crippen molar-refractivity contribution < 1.29 is 19.0 Å². The molecule has 1 N–H and O–H groups in total. The maximum Gasteiger partial charge on any atom is 0.261 e. The molecule has 0 aliphatic rings. The molecular formula is C18H17N3O4S. The first kappa shape index (κ1) is 17.7. The number of benzene rings is 2. The fraction of sp³-hybridized carbons (Fsp3) is 0.167. The molecule has 26 heavy (non-hydrogen) atoms. The maximum absolute atomic E-state index is 12.5. The number of aromatic nitrogens is 2. The highest BCUT2D eigenvalue weighted by molar-refractivity contribution is 7.18. The lowest BCUT2D eigenvalue weighted by atomic mass is 10.2. The summed E-state index contributed by atoms with van der Waals surface area (Å²) in [6.07, 6.45) is 0. The Morgan fingerprint density at radius 3 is 2.46 bits per heavy atom. The third kappa shape index (κ3) is 3.60. The quantitative estimate of drug-likeness (QED) is 0.714. The number of hydrogen-bond donors (Lipinski definition) is 1. The SMILES string of the molecule is COc1ccc(-c2nnc(NC(=O)c3ccccc3OC)s2)c(OC)c1. The standard InChI is InChI=1S/C18H17N3O4S/c1-23-11-8-9-13(15(10-11)25-3)17-20-21-18(26-17)19-16(22)12-6-4-5-7-14(12)24-2/h4-10H,1-3H3,(H,19,21,22). The molecule has 8 heteroatoms. The lowest BCUT2D eigenvalue weighted by Crippen LogP contribution is -2.12. The molecule has 0 saturated carbocycles. The largest absolute Gasteiger partial charge is 0.497 e. The van der Waals surface area contributed by atoms with Crippen LogP contribution in [0.1, 0.15) is 10.4 Å². The molecule has 0 bridgehead atoms. The first-order valence-electron chi connectivity index (χ1n) is 7.66. The number of rotatable bonds is 6. The average molecular weight is 371 g/mol. The van der Waals surface area contributed by atoms with E-state index in [0.717, 1.165) is 5.56 Å². The van der Waals surface area contributed by atoms with Gasteiger partial charge in [0, 0.05) is 6.07 Å². The van der Waals surface area contributed by atoms with Gasteiger partial charge < -0.3 is 14.2 Å². The summed E-state index contributed by atoms with van der Waals surface area (Å²) in [6.45, 7) is 0. The second-order valence-electron chi connectivity index (χ2n) is 5.13. The molecule has 2 aromatic carbocycles. The lowest BCUT2D eigenvalue weighted by Gasteiger charge is -2.08. The summed E-state index contributed by atoms with van der Waals surface area (Å²) in [5.74, 6) is 1.47. The van der Waals surface area contributed by atoms with Crippen molar-refractivity contribution in [3.8, 4) is 27.8 Å². The number of carbonyl (C=O) groups is 1. The van der Waals surface area contributed by atoms with Gasteiger partial charge in [0.15, 0.2) is 5.01 Å². The van der Waals surface area contributed by atoms with E-state index >= 15 is 0 Å². The molecule has 0 aliphatic heterocycles. The molecule has 0 radical (unpaired) electrons. The van der Waals surface area contributed by atoms with E-state index < -0.39 is 0 Å². The van der Waals surface area contributed by atoms with Crippen molar-refractivity contribution in [2.45, 2.75) is 0 Å². The summed E-state index contributed by atoms with van der Waals surface area (Å²) in [6, 6.07) is 12.4. The summed E-state index contributed by atoms with van der Waals surface area (Å²) in [4.78, 5) is 12.5. The van der Waals surface area contributed by atoms with Crippen LogP contribution < -0.4 is 19.5 Å². The number of ether oxygens (including phenoxy) is 3. The predicted molar refractivity (Wildman–Crippen MR) is 99.4 cm³/mol. The summed E-state index contributed by atoms with van der Waals surface area (Å²) in [7, 11) is 4.68. The zero-order chi connectivity index (χ0) is 18.5. The highest BCUT2D eigenvalue weighted by Gasteiger charge is 2.16. The van der Waals surface area contributed by atoms with Gasteiger partial charge in [-0.25, -0.2) is 0 Å². The molecule has 0 saturated heterocycles. The van der Waals surface area contributed by atoms with Crippen LogP contribution in [-0.4, -0.2) is 37.4 Å². The Balaban J connectivity index is 1.83. The Kier molecular flexibility index (Phi) is 5.33. The van der Waals surface area contributed by atoms with Gasteiger partial charge in [-0.05, 0) is 24.3 Å². The third-order valence-corrected chi connectivity index (χ3v) is 4.51. The van der Waals surface area contributed by atoms with Crippen molar-refractivity contribution in [2.24, 2.45) is 0 Å². The Morgan fingerprint density at radius 2 is 1.73 bits per heavy atom. The number of anilines is 1.